The molecule has 1 amide bonds. The first-order valence-corrected chi connectivity index (χ1v) is 9.53. The van der Waals surface area contributed by atoms with Gasteiger partial charge in [0.25, 0.3) is 0 Å². The van der Waals surface area contributed by atoms with Crippen molar-refractivity contribution in [3.05, 3.63) is 35.0 Å². The highest BCUT2D eigenvalue weighted by Gasteiger charge is 2.40. The van der Waals surface area contributed by atoms with Crippen molar-refractivity contribution in [2.75, 3.05) is 13.1 Å². The van der Waals surface area contributed by atoms with E-state index in [9.17, 15) is 4.79 Å². The summed E-state index contributed by atoms with van der Waals surface area (Å²) >= 11 is 4.80. The van der Waals surface area contributed by atoms with Crippen molar-refractivity contribution in [3.63, 3.8) is 0 Å². The molecule has 4 nitrogen and oxygen atoms in total. The number of carbonyl (C=O) groups is 1. The molecule has 1 spiro atoms. The van der Waals surface area contributed by atoms with Crippen molar-refractivity contribution in [2.45, 2.75) is 53.6 Å². The molecule has 0 fully saturated rings. The van der Waals surface area contributed by atoms with Crippen LogP contribution in [0.5, 0.6) is 0 Å². The summed E-state index contributed by atoms with van der Waals surface area (Å²) < 4.78 is 5.44. The van der Waals surface area contributed by atoms with E-state index >= 15 is 0 Å². The minimum atomic E-state index is -0.478. The molecule has 2 aliphatic rings. The molecule has 5 heteroatoms. The molecule has 25 heavy (non-hydrogen) atoms. The Bertz CT molecular complexity index is 601. The summed E-state index contributed by atoms with van der Waals surface area (Å²) in [6.07, 6.45) is 8.87. The molecule has 0 saturated heterocycles. The van der Waals surface area contributed by atoms with E-state index in [4.69, 9.17) is 17.4 Å². The molecule has 2 aliphatic heterocycles. The summed E-state index contributed by atoms with van der Waals surface area (Å²) in [6, 6.07) is 0. The lowest BCUT2D eigenvalue weighted by atomic mass is 9.83. The maximum atomic E-state index is 12.2. The summed E-state index contributed by atoms with van der Waals surface area (Å²) in [4.78, 5) is 14.9. The minimum absolute atomic E-state index is 0.123. The predicted molar refractivity (Wildman–Crippen MR) is 106 cm³/mol. The molecular weight excluding hydrogens is 332 g/mol. The monoisotopic (exact) mass is 364 g/mol. The van der Waals surface area contributed by atoms with Gasteiger partial charge in [0, 0.05) is 35.3 Å². The third-order valence-electron chi connectivity index (χ3n) is 4.94. The van der Waals surface area contributed by atoms with Crippen LogP contribution in [0.4, 0.5) is 4.79 Å². The van der Waals surface area contributed by atoms with Crippen LogP contribution in [0.1, 0.15) is 48.0 Å². The number of amides is 1. The Morgan fingerprint density at radius 1 is 1.40 bits per heavy atom. The number of allylic oxidation sites excluding steroid dienone is 2. The second kappa shape index (κ2) is 7.48. The highest BCUT2D eigenvalue weighted by molar-refractivity contribution is 7.84. The van der Waals surface area contributed by atoms with Gasteiger partial charge in [0.05, 0.1) is 0 Å². The Morgan fingerprint density at radius 2 is 2.08 bits per heavy atom. The molecular formula is C20H32N2O2S. The van der Waals surface area contributed by atoms with E-state index in [0.29, 0.717) is 18.4 Å². The fourth-order valence-corrected chi connectivity index (χ4v) is 3.24. The zero-order valence-corrected chi connectivity index (χ0v) is 17.2. The van der Waals surface area contributed by atoms with Gasteiger partial charge in [-0.2, -0.15) is 0 Å². The molecule has 1 N–H and O–H groups in total. The van der Waals surface area contributed by atoms with Gasteiger partial charge in [-0.15, -0.1) is 12.6 Å². The normalized spacial score (nSPS) is 25.2. The molecule has 2 rings (SSSR count). The van der Waals surface area contributed by atoms with Crippen LogP contribution in [-0.2, 0) is 4.74 Å². The first-order chi connectivity index (χ1) is 11.5. The number of carbonyl (C=O) groups excluding carboxylic acids is 1. The summed E-state index contributed by atoms with van der Waals surface area (Å²) in [5.74, 6) is 1.14. The number of nitrogens with zero attached hydrogens (tertiary/aromatic N) is 1. The molecule has 0 aliphatic carbocycles. The number of hydrogen-bond acceptors (Lipinski definition) is 4. The van der Waals surface area contributed by atoms with Gasteiger partial charge in [-0.25, -0.2) is 4.79 Å². The average Bonchev–Trinajstić information content (AvgIpc) is 2.80. The van der Waals surface area contributed by atoms with Crippen LogP contribution >= 0.6 is 12.6 Å². The average molecular weight is 365 g/mol. The van der Waals surface area contributed by atoms with Crippen molar-refractivity contribution in [1.82, 2.24) is 10.2 Å². The van der Waals surface area contributed by atoms with Crippen LogP contribution in [0.3, 0.4) is 0 Å². The molecule has 0 aromatic rings. The van der Waals surface area contributed by atoms with Gasteiger partial charge in [-0.1, -0.05) is 32.9 Å². The second-order valence-corrected chi connectivity index (χ2v) is 8.92. The third-order valence-corrected chi connectivity index (χ3v) is 5.63. The fourth-order valence-electron chi connectivity index (χ4n) is 2.82. The van der Waals surface area contributed by atoms with Crippen LogP contribution in [-0.4, -0.2) is 29.7 Å². The lowest BCUT2D eigenvalue weighted by molar-refractivity contribution is 0.0311. The first kappa shape index (κ1) is 20.0. The summed E-state index contributed by atoms with van der Waals surface area (Å²) in [5, 5.41) is 3.47. The Kier molecular flexibility index (Phi) is 5.97. The van der Waals surface area contributed by atoms with E-state index in [1.54, 1.807) is 4.90 Å². The molecule has 2 unspecified atom stereocenters. The number of thiol groups is 1. The van der Waals surface area contributed by atoms with Gasteiger partial charge in [0.15, 0.2) is 0 Å². The highest BCUT2D eigenvalue weighted by atomic mass is 32.1. The number of ether oxygens (including phenoxy) is 1. The fraction of sp³-hybridized carbons (Fsp3) is 0.650. The maximum Gasteiger partial charge on any atom is 0.414 e. The SMILES string of the molecule is CC(C)C(C)/C=C\C1=C(S)C2(C=CN(C(=O)OC(C)(C)C)CC2)CN1. The molecule has 2 heterocycles. The molecule has 0 radical (unpaired) electrons. The Hall–Kier alpha value is -1.36. The lowest BCUT2D eigenvalue weighted by Crippen LogP contribution is -2.40. The summed E-state index contributed by atoms with van der Waals surface area (Å²) in [6.45, 7) is 13.8. The molecule has 140 valence electrons. The van der Waals surface area contributed by atoms with Crippen molar-refractivity contribution in [2.24, 2.45) is 17.3 Å². The molecule has 0 bridgehead atoms. The number of hydrogen-bond donors (Lipinski definition) is 2. The van der Waals surface area contributed by atoms with Gasteiger partial charge in [0.1, 0.15) is 5.60 Å². The first-order valence-electron chi connectivity index (χ1n) is 9.09. The largest absolute Gasteiger partial charge is 0.443 e. The third kappa shape index (κ3) is 4.84. The van der Waals surface area contributed by atoms with E-state index in [-0.39, 0.29) is 11.5 Å². The minimum Gasteiger partial charge on any atom is -0.443 e. The zero-order valence-electron chi connectivity index (χ0n) is 16.3. The van der Waals surface area contributed by atoms with Gasteiger partial charge in [-0.05, 0) is 45.1 Å². The van der Waals surface area contributed by atoms with Crippen LogP contribution < -0.4 is 5.32 Å². The topological polar surface area (TPSA) is 41.6 Å². The number of rotatable bonds is 3. The standard InChI is InChI=1S/C20H32N2O2S/c1-14(2)15(3)7-8-16-17(25)20(13-21-16)9-11-22(12-10-20)18(23)24-19(4,5)6/h7-9,11,14-15,21,25H,10,12-13H2,1-6H3/b8-7-. The van der Waals surface area contributed by atoms with Gasteiger partial charge >= 0.3 is 6.09 Å². The van der Waals surface area contributed by atoms with E-state index in [0.717, 1.165) is 23.6 Å². The maximum absolute atomic E-state index is 12.2. The van der Waals surface area contributed by atoms with Gasteiger partial charge < -0.3 is 10.1 Å². The van der Waals surface area contributed by atoms with Crippen molar-refractivity contribution >= 4 is 18.7 Å². The Morgan fingerprint density at radius 3 is 2.60 bits per heavy atom. The quantitative estimate of drug-likeness (QED) is 0.712. The van der Waals surface area contributed by atoms with Crippen LogP contribution in [0.2, 0.25) is 0 Å². The van der Waals surface area contributed by atoms with Crippen molar-refractivity contribution < 1.29 is 9.53 Å². The molecule has 0 aromatic carbocycles. The second-order valence-electron chi connectivity index (χ2n) is 8.47. The Balaban J connectivity index is 2.09. The van der Waals surface area contributed by atoms with Gasteiger partial charge in [-0.3, -0.25) is 4.90 Å². The zero-order chi connectivity index (χ0) is 18.8. The number of nitrogens with one attached hydrogen (secondary N) is 1. The molecule has 0 aromatic heterocycles. The van der Waals surface area contributed by atoms with E-state index in [1.165, 1.54) is 0 Å². The molecule has 0 saturated carbocycles. The van der Waals surface area contributed by atoms with Crippen molar-refractivity contribution in [3.8, 4) is 0 Å². The highest BCUT2D eigenvalue weighted by Crippen LogP contribution is 2.43. The van der Waals surface area contributed by atoms with E-state index in [2.05, 4.69) is 44.3 Å². The van der Waals surface area contributed by atoms with E-state index in [1.807, 2.05) is 27.0 Å². The van der Waals surface area contributed by atoms with Crippen molar-refractivity contribution in [1.29, 1.82) is 0 Å². The van der Waals surface area contributed by atoms with Crippen LogP contribution in [0.15, 0.2) is 35.0 Å². The van der Waals surface area contributed by atoms with Crippen LogP contribution in [0, 0.1) is 17.3 Å². The predicted octanol–water partition coefficient (Wildman–Crippen LogP) is 4.72. The summed E-state index contributed by atoms with van der Waals surface area (Å²) in [5.41, 5.74) is 0.489. The Labute approximate surface area is 157 Å². The summed E-state index contributed by atoms with van der Waals surface area (Å²) in [7, 11) is 0. The van der Waals surface area contributed by atoms with Gasteiger partial charge in [0.2, 0.25) is 0 Å². The lowest BCUT2D eigenvalue weighted by Gasteiger charge is -2.34. The van der Waals surface area contributed by atoms with E-state index < -0.39 is 5.60 Å². The van der Waals surface area contributed by atoms with Crippen LogP contribution in [0.25, 0.3) is 0 Å². The smallest absolute Gasteiger partial charge is 0.414 e. The molecule has 2 atom stereocenters.